The van der Waals surface area contributed by atoms with E-state index in [9.17, 15) is 4.39 Å². The van der Waals surface area contributed by atoms with Crippen molar-refractivity contribution in [1.82, 2.24) is 4.90 Å². The number of ether oxygens (including phenoxy) is 1. The molecule has 1 aromatic rings. The second-order valence-electron chi connectivity index (χ2n) is 7.31. The van der Waals surface area contributed by atoms with E-state index in [0.29, 0.717) is 23.4 Å². The first-order valence-electron chi connectivity index (χ1n) is 9.16. The number of piperidine rings is 1. The Labute approximate surface area is 144 Å². The van der Waals surface area contributed by atoms with E-state index >= 15 is 0 Å². The van der Waals surface area contributed by atoms with Crippen LogP contribution in [0, 0.1) is 12.7 Å². The van der Waals surface area contributed by atoms with Crippen LogP contribution >= 0.6 is 0 Å². The number of likely N-dealkylation sites (tertiary alicyclic amines) is 1. The minimum atomic E-state index is -0.237. The minimum absolute atomic E-state index is 0.237. The number of methoxy groups -OCH3 is 1. The monoisotopic (exact) mass is 335 g/mol. The Balaban J connectivity index is 1.50. The molecule has 0 spiro atoms. The molecule has 3 rings (SSSR count). The summed E-state index contributed by atoms with van der Waals surface area (Å²) in [7, 11) is 1.82. The van der Waals surface area contributed by atoms with Gasteiger partial charge in [-0.2, -0.15) is 0 Å². The molecule has 134 valence electrons. The van der Waals surface area contributed by atoms with Crippen LogP contribution in [-0.4, -0.2) is 43.3 Å². The van der Waals surface area contributed by atoms with E-state index < -0.39 is 0 Å². The predicted molar refractivity (Wildman–Crippen MR) is 96.8 cm³/mol. The zero-order chi connectivity index (χ0) is 17.1. The van der Waals surface area contributed by atoms with Crippen LogP contribution in [0.3, 0.4) is 0 Å². The van der Waals surface area contributed by atoms with Crippen LogP contribution in [0.25, 0.3) is 0 Å². The summed E-state index contributed by atoms with van der Waals surface area (Å²) in [5.41, 5.74) is 7.96. The van der Waals surface area contributed by atoms with E-state index in [1.807, 2.05) is 13.2 Å². The van der Waals surface area contributed by atoms with Gasteiger partial charge in [-0.3, -0.25) is 0 Å². The Bertz CT molecular complexity index is 550. The summed E-state index contributed by atoms with van der Waals surface area (Å²) in [6.45, 7) is 4.03. The number of hydrogen-bond acceptors (Lipinski definition) is 4. The van der Waals surface area contributed by atoms with Crippen molar-refractivity contribution in [3.8, 4) is 0 Å². The van der Waals surface area contributed by atoms with Crippen LogP contribution in [-0.2, 0) is 4.74 Å². The van der Waals surface area contributed by atoms with Crippen molar-refractivity contribution in [3.63, 3.8) is 0 Å². The fourth-order valence-electron chi connectivity index (χ4n) is 4.10. The number of benzene rings is 1. The third-order valence-electron chi connectivity index (χ3n) is 5.71. The molecule has 0 bridgehead atoms. The van der Waals surface area contributed by atoms with Gasteiger partial charge in [-0.05, 0) is 63.1 Å². The number of nitrogens with two attached hydrogens (primary N) is 1. The van der Waals surface area contributed by atoms with Gasteiger partial charge < -0.3 is 20.7 Å². The van der Waals surface area contributed by atoms with Crippen LogP contribution in [0.1, 0.15) is 44.1 Å². The van der Waals surface area contributed by atoms with Gasteiger partial charge in [0.2, 0.25) is 0 Å². The van der Waals surface area contributed by atoms with Crippen molar-refractivity contribution in [2.45, 2.75) is 63.6 Å². The van der Waals surface area contributed by atoms with E-state index in [-0.39, 0.29) is 5.82 Å². The first kappa shape index (κ1) is 17.5. The van der Waals surface area contributed by atoms with Crippen LogP contribution in [0.15, 0.2) is 12.1 Å². The molecule has 0 unspecified atom stereocenters. The standard InChI is InChI=1S/C19H30FN3O/c1-13-11-19(18(21)12-17(13)20)22-14-7-9-23(10-8-14)15-3-5-16(24-2)6-4-15/h11-12,14-16,22H,3-10,21H2,1-2H3/t15-,16+. The molecule has 1 aliphatic heterocycles. The Morgan fingerprint density at radius 2 is 1.79 bits per heavy atom. The quantitative estimate of drug-likeness (QED) is 0.826. The fraction of sp³-hybridized carbons (Fsp3) is 0.684. The maximum Gasteiger partial charge on any atom is 0.128 e. The van der Waals surface area contributed by atoms with E-state index in [1.165, 1.54) is 31.7 Å². The number of rotatable bonds is 4. The number of halogens is 1. The molecule has 0 amide bonds. The first-order chi connectivity index (χ1) is 11.6. The lowest BCUT2D eigenvalue weighted by molar-refractivity contribution is 0.0329. The van der Waals surface area contributed by atoms with Gasteiger partial charge in [0.25, 0.3) is 0 Å². The Morgan fingerprint density at radius 3 is 2.42 bits per heavy atom. The Kier molecular flexibility index (Phi) is 5.61. The number of hydrogen-bond donors (Lipinski definition) is 2. The smallest absolute Gasteiger partial charge is 0.128 e. The molecular weight excluding hydrogens is 305 g/mol. The van der Waals surface area contributed by atoms with Gasteiger partial charge in [-0.15, -0.1) is 0 Å². The van der Waals surface area contributed by atoms with E-state index in [4.69, 9.17) is 10.5 Å². The van der Waals surface area contributed by atoms with Crippen LogP contribution in [0.2, 0.25) is 0 Å². The van der Waals surface area contributed by atoms with Gasteiger partial charge in [0.15, 0.2) is 0 Å². The van der Waals surface area contributed by atoms with Crippen LogP contribution in [0.5, 0.6) is 0 Å². The first-order valence-corrected chi connectivity index (χ1v) is 9.16. The number of nitrogens with one attached hydrogen (secondary N) is 1. The molecule has 1 saturated heterocycles. The molecule has 1 aliphatic carbocycles. The van der Waals surface area contributed by atoms with Crippen molar-refractivity contribution in [1.29, 1.82) is 0 Å². The maximum absolute atomic E-state index is 13.5. The van der Waals surface area contributed by atoms with E-state index in [1.54, 1.807) is 6.92 Å². The van der Waals surface area contributed by atoms with Crippen molar-refractivity contribution >= 4 is 11.4 Å². The van der Waals surface area contributed by atoms with Crippen molar-refractivity contribution in [2.75, 3.05) is 31.2 Å². The Hall–Kier alpha value is -1.33. The highest BCUT2D eigenvalue weighted by Gasteiger charge is 2.29. The van der Waals surface area contributed by atoms with Gasteiger partial charge in [0.1, 0.15) is 5.82 Å². The average Bonchev–Trinajstić information content (AvgIpc) is 2.60. The topological polar surface area (TPSA) is 50.5 Å². The molecule has 2 fully saturated rings. The lowest BCUT2D eigenvalue weighted by Gasteiger charge is -2.41. The molecule has 0 atom stereocenters. The van der Waals surface area contributed by atoms with Crippen LogP contribution < -0.4 is 11.1 Å². The molecule has 1 aromatic carbocycles. The summed E-state index contributed by atoms with van der Waals surface area (Å²) in [6, 6.07) is 4.38. The number of nitrogens with zero attached hydrogens (tertiary/aromatic N) is 1. The summed E-state index contributed by atoms with van der Waals surface area (Å²) in [5.74, 6) is -0.237. The van der Waals surface area contributed by atoms with Gasteiger partial charge in [-0.1, -0.05) is 0 Å². The number of nitrogen functional groups attached to an aromatic ring is 1. The minimum Gasteiger partial charge on any atom is -0.397 e. The third kappa shape index (κ3) is 4.01. The summed E-state index contributed by atoms with van der Waals surface area (Å²) in [6.07, 6.45) is 7.56. The van der Waals surface area contributed by atoms with Crippen molar-refractivity contribution in [3.05, 3.63) is 23.5 Å². The molecule has 3 N–H and O–H groups in total. The molecule has 1 saturated carbocycles. The highest BCUT2D eigenvalue weighted by atomic mass is 19.1. The summed E-state index contributed by atoms with van der Waals surface area (Å²) in [4.78, 5) is 2.64. The molecule has 5 heteroatoms. The van der Waals surface area contributed by atoms with Gasteiger partial charge in [0.05, 0.1) is 17.5 Å². The van der Waals surface area contributed by atoms with E-state index in [0.717, 1.165) is 37.7 Å². The van der Waals surface area contributed by atoms with Gasteiger partial charge in [-0.25, -0.2) is 4.39 Å². The summed E-state index contributed by atoms with van der Waals surface area (Å²) >= 11 is 0. The second-order valence-corrected chi connectivity index (χ2v) is 7.31. The van der Waals surface area contributed by atoms with Gasteiger partial charge >= 0.3 is 0 Å². The second kappa shape index (κ2) is 7.70. The molecule has 24 heavy (non-hydrogen) atoms. The lowest BCUT2D eigenvalue weighted by atomic mass is 9.90. The predicted octanol–water partition coefficient (Wildman–Crippen LogP) is 3.55. The molecule has 1 heterocycles. The Morgan fingerprint density at radius 1 is 1.12 bits per heavy atom. The maximum atomic E-state index is 13.5. The molecule has 0 aromatic heterocycles. The normalized spacial score (nSPS) is 26.5. The van der Waals surface area contributed by atoms with Crippen molar-refractivity contribution in [2.24, 2.45) is 0 Å². The zero-order valence-corrected chi connectivity index (χ0v) is 14.9. The number of aryl methyl sites for hydroxylation is 1. The summed E-state index contributed by atoms with van der Waals surface area (Å²) < 4.78 is 19.0. The van der Waals surface area contributed by atoms with Gasteiger partial charge in [0, 0.05) is 32.3 Å². The zero-order valence-electron chi connectivity index (χ0n) is 14.9. The molecule has 4 nitrogen and oxygen atoms in total. The molecular formula is C19H30FN3O. The summed E-state index contributed by atoms with van der Waals surface area (Å²) in [5, 5.41) is 3.52. The third-order valence-corrected chi connectivity index (χ3v) is 5.71. The molecule has 2 aliphatic rings. The highest BCUT2D eigenvalue weighted by molar-refractivity contribution is 5.67. The lowest BCUT2D eigenvalue weighted by Crippen LogP contribution is -2.46. The van der Waals surface area contributed by atoms with E-state index in [2.05, 4.69) is 10.2 Å². The highest BCUT2D eigenvalue weighted by Crippen LogP contribution is 2.29. The molecule has 0 radical (unpaired) electrons. The fourth-order valence-corrected chi connectivity index (χ4v) is 4.10. The van der Waals surface area contributed by atoms with Crippen LogP contribution in [0.4, 0.5) is 15.8 Å². The average molecular weight is 335 g/mol. The number of anilines is 2. The van der Waals surface area contributed by atoms with Crippen molar-refractivity contribution < 1.29 is 9.13 Å². The largest absolute Gasteiger partial charge is 0.397 e. The SMILES string of the molecule is CO[C@H]1CC[C@@H](N2CCC(Nc3cc(C)c(F)cc3N)CC2)CC1.